The maximum atomic E-state index is 12.8. The quantitative estimate of drug-likeness (QED) is 0.526. The number of benzene rings is 1. The Morgan fingerprint density at radius 3 is 2.30 bits per heavy atom. The Balaban J connectivity index is 0.00000126. The third kappa shape index (κ3) is 4.58. The molecule has 0 radical (unpaired) electrons. The van der Waals surface area contributed by atoms with Gasteiger partial charge < -0.3 is 9.47 Å². The lowest BCUT2D eigenvalue weighted by Gasteiger charge is -2.21. The predicted molar refractivity (Wildman–Crippen MR) is 104 cm³/mol. The van der Waals surface area contributed by atoms with Crippen LogP contribution in [0.4, 0.5) is 4.79 Å². The highest BCUT2D eigenvalue weighted by Crippen LogP contribution is 2.29. The summed E-state index contributed by atoms with van der Waals surface area (Å²) in [5.41, 5.74) is 1.56. The second-order valence-electron chi connectivity index (χ2n) is 6.74. The van der Waals surface area contributed by atoms with E-state index in [1.165, 1.54) is 10.8 Å². The number of nitrogens with zero attached hydrogens (tertiary/aromatic N) is 2. The van der Waals surface area contributed by atoms with Gasteiger partial charge in [0.25, 0.3) is 0 Å². The fourth-order valence-corrected chi connectivity index (χ4v) is 2.63. The maximum absolute atomic E-state index is 12.8. The van der Waals surface area contributed by atoms with Gasteiger partial charge in [0.05, 0.1) is 23.7 Å². The van der Waals surface area contributed by atoms with E-state index in [1.54, 1.807) is 19.4 Å². The average molecular weight is 371 g/mol. The summed E-state index contributed by atoms with van der Waals surface area (Å²) in [6, 6.07) is 10.9. The van der Waals surface area contributed by atoms with Crippen LogP contribution < -0.4 is 9.47 Å². The molecule has 1 aromatic carbocycles. The van der Waals surface area contributed by atoms with Crippen molar-refractivity contribution in [1.82, 2.24) is 4.57 Å². The molecule has 0 amide bonds. The van der Waals surface area contributed by atoms with Crippen molar-refractivity contribution in [2.24, 2.45) is 0 Å². The minimum atomic E-state index is -0.615. The Hall–Kier alpha value is -3.02. The molecule has 0 fully saturated rings. The third-order valence-electron chi connectivity index (χ3n) is 3.69. The fourth-order valence-electron chi connectivity index (χ4n) is 2.63. The molecular weight excluding hydrogens is 344 g/mol. The largest absolute Gasteiger partial charge is 0.497 e. The Labute approximate surface area is 159 Å². The Bertz CT molecular complexity index is 922. The van der Waals surface area contributed by atoms with Crippen LogP contribution in [-0.2, 0) is 4.74 Å². The molecule has 0 atom stereocenters. The summed E-state index contributed by atoms with van der Waals surface area (Å²) in [7, 11) is 1.60. The molecular formula is C21H27N2O4+. The van der Waals surface area contributed by atoms with Gasteiger partial charge in [-0.15, -0.1) is 0 Å². The first-order valence-corrected chi connectivity index (χ1v) is 8.92. The lowest BCUT2D eigenvalue weighted by molar-refractivity contribution is -0.903. The van der Waals surface area contributed by atoms with E-state index in [1.807, 2.05) is 65.0 Å². The van der Waals surface area contributed by atoms with E-state index in [2.05, 4.69) is 0 Å². The summed E-state index contributed by atoms with van der Waals surface area (Å²) >= 11 is 0. The molecule has 0 saturated heterocycles. The van der Waals surface area contributed by atoms with E-state index in [9.17, 15) is 10.0 Å². The minimum absolute atomic E-state index is 0.469. The molecule has 3 rings (SSSR count). The van der Waals surface area contributed by atoms with Crippen molar-refractivity contribution >= 4 is 17.0 Å². The van der Waals surface area contributed by atoms with E-state index >= 15 is 0 Å². The molecule has 0 spiro atoms. The summed E-state index contributed by atoms with van der Waals surface area (Å²) in [5.74, 6) is 0.733. The fraction of sp³-hybridized carbons (Fsp3) is 0.333. The summed E-state index contributed by atoms with van der Waals surface area (Å²) in [6.07, 6.45) is 2.55. The van der Waals surface area contributed by atoms with Crippen LogP contribution in [0.5, 0.6) is 5.75 Å². The third-order valence-corrected chi connectivity index (χ3v) is 3.69. The van der Waals surface area contributed by atoms with Crippen molar-refractivity contribution in [2.75, 3.05) is 7.11 Å². The van der Waals surface area contributed by atoms with Gasteiger partial charge in [-0.2, -0.15) is 0 Å². The highest BCUT2D eigenvalue weighted by atomic mass is 16.6. The lowest BCUT2D eigenvalue weighted by atomic mass is 10.1. The van der Waals surface area contributed by atoms with E-state index in [0.717, 1.165) is 21.4 Å². The summed E-state index contributed by atoms with van der Waals surface area (Å²) in [5, 5.41) is 10.4. The van der Waals surface area contributed by atoms with Gasteiger partial charge in [-0.1, -0.05) is 13.8 Å². The molecule has 6 nitrogen and oxygen atoms in total. The zero-order chi connectivity index (χ0) is 20.2. The molecule has 144 valence electrons. The molecule has 2 aromatic heterocycles. The molecule has 0 aliphatic rings. The molecule has 0 saturated carbocycles. The van der Waals surface area contributed by atoms with Crippen molar-refractivity contribution in [2.45, 2.75) is 40.2 Å². The number of methoxy groups -OCH3 is 1. The predicted octanol–water partition coefficient (Wildman–Crippen LogP) is 4.65. The first kappa shape index (κ1) is 20.3. The first-order valence-electron chi connectivity index (χ1n) is 8.92. The van der Waals surface area contributed by atoms with Crippen LogP contribution in [-0.4, -0.2) is 28.6 Å². The number of carbonyl (C=O) groups is 1. The zero-order valence-electron chi connectivity index (χ0n) is 16.7. The number of ether oxygens (including phenoxy) is 2. The average Bonchev–Trinajstić information content (AvgIpc) is 3.00. The van der Waals surface area contributed by atoms with Gasteiger partial charge in [-0.25, -0.2) is 9.36 Å². The zero-order valence-corrected chi connectivity index (χ0v) is 16.7. The second kappa shape index (κ2) is 8.12. The molecule has 6 heteroatoms. The van der Waals surface area contributed by atoms with Crippen LogP contribution in [0, 0.1) is 0 Å². The molecule has 3 aromatic rings. The van der Waals surface area contributed by atoms with Gasteiger partial charge in [-0.05, 0) is 56.7 Å². The second-order valence-corrected chi connectivity index (χ2v) is 6.74. The maximum Gasteiger partial charge on any atom is 0.419 e. The monoisotopic (exact) mass is 371 g/mol. The van der Waals surface area contributed by atoms with E-state index in [4.69, 9.17) is 9.47 Å². The number of hydrogen-bond donors (Lipinski definition) is 1. The molecule has 1 N–H and O–H groups in total. The van der Waals surface area contributed by atoms with Crippen molar-refractivity contribution in [3.63, 3.8) is 0 Å². The lowest BCUT2D eigenvalue weighted by Crippen LogP contribution is -2.29. The van der Waals surface area contributed by atoms with E-state index < -0.39 is 11.7 Å². The molecule has 0 aliphatic carbocycles. The van der Waals surface area contributed by atoms with Gasteiger partial charge in [0.2, 0.25) is 12.4 Å². The smallest absolute Gasteiger partial charge is 0.419 e. The summed E-state index contributed by atoms with van der Waals surface area (Å²) in [6.45, 7) is 9.47. The van der Waals surface area contributed by atoms with Crippen LogP contribution in [0.25, 0.3) is 22.2 Å². The number of carbonyl (C=O) groups excluding carboxylic acids is 1. The number of pyridine rings is 1. The van der Waals surface area contributed by atoms with E-state index in [-0.39, 0.29) is 0 Å². The Morgan fingerprint density at radius 2 is 1.74 bits per heavy atom. The standard InChI is InChI=1S/C19H21N2O4.C2H6/c1-19(2,3)25-18(22)21-16-9-10-20(23)12-14(16)11-17(21)13-5-7-15(24-4)8-6-13;1-2/h5-12,23H,1-4H3;1-2H3/q+1;. The summed E-state index contributed by atoms with van der Waals surface area (Å²) < 4.78 is 13.2. The van der Waals surface area contributed by atoms with Crippen LogP contribution in [0.15, 0.2) is 48.8 Å². The van der Waals surface area contributed by atoms with Crippen LogP contribution in [0.3, 0.4) is 0 Å². The van der Waals surface area contributed by atoms with Crippen LogP contribution in [0.2, 0.25) is 0 Å². The van der Waals surface area contributed by atoms with Gasteiger partial charge in [0, 0.05) is 10.8 Å². The van der Waals surface area contributed by atoms with Gasteiger partial charge in [0.15, 0.2) is 0 Å². The van der Waals surface area contributed by atoms with Crippen molar-refractivity contribution in [3.05, 3.63) is 48.8 Å². The van der Waals surface area contributed by atoms with Crippen molar-refractivity contribution in [1.29, 1.82) is 0 Å². The molecule has 0 aliphatic heterocycles. The van der Waals surface area contributed by atoms with Crippen LogP contribution >= 0.6 is 0 Å². The van der Waals surface area contributed by atoms with Crippen LogP contribution in [0.1, 0.15) is 34.6 Å². The summed E-state index contributed by atoms with van der Waals surface area (Å²) in [4.78, 5) is 12.8. The number of fused-ring (bicyclic) bond motifs is 1. The van der Waals surface area contributed by atoms with Gasteiger partial charge >= 0.3 is 6.09 Å². The minimum Gasteiger partial charge on any atom is -0.497 e. The highest BCUT2D eigenvalue weighted by molar-refractivity contribution is 5.95. The SMILES string of the molecule is CC.COc1ccc(-c2cc3c[n+](O)ccc3n2C(=O)OC(C)(C)C)cc1. The number of rotatable bonds is 2. The van der Waals surface area contributed by atoms with E-state index in [0.29, 0.717) is 11.2 Å². The molecule has 0 unspecified atom stereocenters. The Morgan fingerprint density at radius 1 is 1.11 bits per heavy atom. The van der Waals surface area contributed by atoms with Crippen molar-refractivity contribution < 1.29 is 24.2 Å². The molecule has 0 bridgehead atoms. The van der Waals surface area contributed by atoms with Gasteiger partial charge in [-0.3, -0.25) is 5.21 Å². The molecule has 2 heterocycles. The number of hydrogen-bond acceptors (Lipinski definition) is 4. The Kier molecular flexibility index (Phi) is 6.10. The number of aromatic nitrogens is 2. The highest BCUT2D eigenvalue weighted by Gasteiger charge is 2.24. The topological polar surface area (TPSA) is 64.6 Å². The molecule has 27 heavy (non-hydrogen) atoms. The van der Waals surface area contributed by atoms with Gasteiger partial charge in [0.1, 0.15) is 11.4 Å². The van der Waals surface area contributed by atoms with Crippen molar-refractivity contribution in [3.8, 4) is 17.0 Å². The normalized spacial score (nSPS) is 10.9. The first-order chi connectivity index (χ1) is 12.8.